The lowest BCUT2D eigenvalue weighted by atomic mass is 10.1. The summed E-state index contributed by atoms with van der Waals surface area (Å²) in [6.07, 6.45) is 3.24. The van der Waals surface area contributed by atoms with Crippen LogP contribution >= 0.6 is 11.3 Å². The number of nitrogens with zero attached hydrogens (tertiary/aromatic N) is 2. The molecule has 1 saturated carbocycles. The highest BCUT2D eigenvalue weighted by Crippen LogP contribution is 2.40. The highest BCUT2D eigenvalue weighted by atomic mass is 32.1. The number of carbonyl (C=O) groups is 2. The Kier molecular flexibility index (Phi) is 4.87. The molecule has 152 valence electrons. The van der Waals surface area contributed by atoms with Crippen LogP contribution in [0.3, 0.4) is 0 Å². The summed E-state index contributed by atoms with van der Waals surface area (Å²) in [7, 11) is 0. The Balaban J connectivity index is 1.30. The van der Waals surface area contributed by atoms with Crippen LogP contribution < -0.4 is 10.2 Å². The number of fused-ring (bicyclic) bond motifs is 1. The third kappa shape index (κ3) is 3.75. The van der Waals surface area contributed by atoms with Crippen molar-refractivity contribution in [3.05, 3.63) is 65.0 Å². The van der Waals surface area contributed by atoms with Gasteiger partial charge in [-0.2, -0.15) is 0 Å². The number of nitrogens with one attached hydrogen (secondary N) is 1. The van der Waals surface area contributed by atoms with Gasteiger partial charge in [-0.1, -0.05) is 36.4 Å². The number of benzene rings is 2. The van der Waals surface area contributed by atoms with Crippen LogP contribution in [0.5, 0.6) is 0 Å². The van der Waals surface area contributed by atoms with Crippen LogP contribution in [0.25, 0.3) is 11.3 Å². The fraction of sp³-hybridized carbons (Fsp3) is 0.292. The van der Waals surface area contributed by atoms with Gasteiger partial charge in [-0.25, -0.2) is 4.98 Å². The molecule has 0 spiro atoms. The van der Waals surface area contributed by atoms with Gasteiger partial charge < -0.3 is 10.2 Å². The van der Waals surface area contributed by atoms with Crippen molar-refractivity contribution in [1.82, 2.24) is 4.98 Å². The molecule has 1 aromatic heterocycles. The lowest BCUT2D eigenvalue weighted by Crippen LogP contribution is -2.36. The van der Waals surface area contributed by atoms with Crippen molar-refractivity contribution in [3.8, 4) is 11.3 Å². The van der Waals surface area contributed by atoms with Crippen LogP contribution in [0.15, 0.2) is 53.9 Å². The van der Waals surface area contributed by atoms with E-state index in [1.54, 1.807) is 0 Å². The van der Waals surface area contributed by atoms with Crippen molar-refractivity contribution in [2.75, 3.05) is 10.2 Å². The number of rotatable bonds is 5. The van der Waals surface area contributed by atoms with E-state index in [4.69, 9.17) is 0 Å². The summed E-state index contributed by atoms with van der Waals surface area (Å²) in [5.74, 6) is 0.420. The van der Waals surface area contributed by atoms with Gasteiger partial charge in [0.2, 0.25) is 11.8 Å². The van der Waals surface area contributed by atoms with Gasteiger partial charge in [-0.15, -0.1) is 11.3 Å². The minimum Gasteiger partial charge on any atom is -0.309 e. The first-order valence-corrected chi connectivity index (χ1v) is 11.2. The number of hydrogen-bond acceptors (Lipinski definition) is 4. The molecule has 2 aliphatic rings. The number of thiazole rings is 1. The first kappa shape index (κ1) is 19.0. The molecule has 2 aromatic carbocycles. The molecular formula is C24H23N3O2S. The topological polar surface area (TPSA) is 62.3 Å². The van der Waals surface area contributed by atoms with Gasteiger partial charge >= 0.3 is 0 Å². The SMILES string of the molecule is C[C@@H]1Cc2cc(-c3csc(NC(=O)Cc4ccccc4)n3)ccc2N1C(=O)C1CC1. The van der Waals surface area contributed by atoms with Crippen LogP contribution in [0.1, 0.15) is 30.9 Å². The average molecular weight is 418 g/mol. The van der Waals surface area contributed by atoms with Gasteiger partial charge in [0, 0.05) is 28.6 Å². The molecule has 0 saturated heterocycles. The number of carbonyl (C=O) groups excluding carboxylic acids is 2. The predicted octanol–water partition coefficient (Wildman–Crippen LogP) is 4.68. The molecule has 2 amide bonds. The molecule has 5 rings (SSSR count). The number of hydrogen-bond donors (Lipinski definition) is 1. The molecule has 0 radical (unpaired) electrons. The van der Waals surface area contributed by atoms with Crippen molar-refractivity contribution < 1.29 is 9.59 Å². The van der Waals surface area contributed by atoms with Gasteiger partial charge in [0.1, 0.15) is 0 Å². The quantitative estimate of drug-likeness (QED) is 0.656. The normalized spacial score (nSPS) is 17.6. The summed E-state index contributed by atoms with van der Waals surface area (Å²) >= 11 is 1.43. The molecule has 30 heavy (non-hydrogen) atoms. The first-order chi connectivity index (χ1) is 14.6. The molecule has 1 aliphatic heterocycles. The summed E-state index contributed by atoms with van der Waals surface area (Å²) in [6, 6.07) is 16.1. The maximum absolute atomic E-state index is 12.6. The summed E-state index contributed by atoms with van der Waals surface area (Å²) in [6.45, 7) is 2.11. The lowest BCUT2D eigenvalue weighted by molar-refractivity contribution is -0.120. The second kappa shape index (κ2) is 7.69. The van der Waals surface area contributed by atoms with Crippen LogP contribution in [-0.4, -0.2) is 22.8 Å². The van der Waals surface area contributed by atoms with Crippen molar-refractivity contribution >= 4 is 34.0 Å². The highest BCUT2D eigenvalue weighted by molar-refractivity contribution is 7.14. The Bertz CT molecular complexity index is 1100. The van der Waals surface area contributed by atoms with Gasteiger partial charge in [0.25, 0.3) is 0 Å². The van der Waals surface area contributed by atoms with E-state index < -0.39 is 0 Å². The molecule has 1 atom stereocenters. The minimum absolute atomic E-state index is 0.0703. The summed E-state index contributed by atoms with van der Waals surface area (Å²) in [5, 5.41) is 5.46. The van der Waals surface area contributed by atoms with Crippen LogP contribution in [-0.2, 0) is 22.4 Å². The third-order valence-corrected chi connectivity index (χ3v) is 6.47. The van der Waals surface area contributed by atoms with E-state index in [9.17, 15) is 9.59 Å². The Morgan fingerprint density at radius 3 is 2.73 bits per heavy atom. The van der Waals surface area contributed by atoms with Crippen LogP contribution in [0.2, 0.25) is 0 Å². The molecule has 0 unspecified atom stereocenters. The maximum Gasteiger partial charge on any atom is 0.230 e. The van der Waals surface area contributed by atoms with Crippen LogP contribution in [0, 0.1) is 5.92 Å². The smallest absolute Gasteiger partial charge is 0.230 e. The molecule has 1 N–H and O–H groups in total. The predicted molar refractivity (Wildman–Crippen MR) is 120 cm³/mol. The third-order valence-electron chi connectivity index (χ3n) is 5.71. The number of anilines is 2. The largest absolute Gasteiger partial charge is 0.309 e. The van der Waals surface area contributed by atoms with Crippen molar-refractivity contribution in [3.63, 3.8) is 0 Å². The van der Waals surface area contributed by atoms with E-state index in [0.717, 1.165) is 41.8 Å². The van der Waals surface area contributed by atoms with Crippen molar-refractivity contribution in [2.45, 2.75) is 38.6 Å². The van der Waals surface area contributed by atoms with E-state index in [2.05, 4.69) is 23.3 Å². The molecule has 6 heteroatoms. The second-order valence-electron chi connectivity index (χ2n) is 8.13. The van der Waals surface area contributed by atoms with Crippen molar-refractivity contribution in [2.24, 2.45) is 5.92 Å². The molecule has 3 aromatic rings. The van der Waals surface area contributed by atoms with Gasteiger partial charge in [-0.05, 0) is 49.4 Å². The Morgan fingerprint density at radius 2 is 1.97 bits per heavy atom. The molecule has 0 bridgehead atoms. The van der Waals surface area contributed by atoms with E-state index in [0.29, 0.717) is 11.6 Å². The van der Waals surface area contributed by atoms with Crippen molar-refractivity contribution in [1.29, 1.82) is 0 Å². The van der Waals surface area contributed by atoms with Gasteiger partial charge in [-0.3, -0.25) is 9.59 Å². The van der Waals surface area contributed by atoms with Gasteiger partial charge in [0.05, 0.1) is 12.1 Å². The van der Waals surface area contributed by atoms with E-state index in [1.807, 2.05) is 52.7 Å². The molecule has 1 aliphatic carbocycles. The molecule has 2 heterocycles. The standard InChI is InChI=1S/C24H23N3O2S/c1-15-11-19-13-18(9-10-21(19)27(15)23(29)17-7-8-17)20-14-30-24(25-20)26-22(28)12-16-5-3-2-4-6-16/h2-6,9-10,13-15,17H,7-8,11-12H2,1H3,(H,25,26,28)/t15-/m1/s1. The molecule has 5 nitrogen and oxygen atoms in total. The Morgan fingerprint density at radius 1 is 1.17 bits per heavy atom. The van der Waals surface area contributed by atoms with E-state index in [1.165, 1.54) is 16.9 Å². The maximum atomic E-state index is 12.6. The lowest BCUT2D eigenvalue weighted by Gasteiger charge is -2.22. The van der Waals surface area contributed by atoms with Gasteiger partial charge in [0.15, 0.2) is 5.13 Å². The second-order valence-corrected chi connectivity index (χ2v) is 8.99. The zero-order valence-corrected chi connectivity index (χ0v) is 17.6. The zero-order chi connectivity index (χ0) is 20.7. The minimum atomic E-state index is -0.0703. The summed E-state index contributed by atoms with van der Waals surface area (Å²) < 4.78 is 0. The zero-order valence-electron chi connectivity index (χ0n) is 16.8. The summed E-state index contributed by atoms with van der Waals surface area (Å²) in [4.78, 5) is 31.5. The Hall–Kier alpha value is -2.99. The summed E-state index contributed by atoms with van der Waals surface area (Å²) in [5.41, 5.74) is 5.06. The van der Waals surface area contributed by atoms with Crippen LogP contribution in [0.4, 0.5) is 10.8 Å². The monoisotopic (exact) mass is 417 g/mol. The first-order valence-electron chi connectivity index (χ1n) is 10.3. The fourth-order valence-electron chi connectivity index (χ4n) is 4.06. The average Bonchev–Trinajstić information content (AvgIpc) is 3.40. The Labute approximate surface area is 179 Å². The number of amides is 2. The fourth-order valence-corrected chi connectivity index (χ4v) is 4.80. The van der Waals surface area contributed by atoms with E-state index >= 15 is 0 Å². The molecule has 1 fully saturated rings. The van der Waals surface area contributed by atoms with E-state index in [-0.39, 0.29) is 23.8 Å². The highest BCUT2D eigenvalue weighted by Gasteiger charge is 2.39. The number of aromatic nitrogens is 1. The molecular weight excluding hydrogens is 394 g/mol.